The monoisotopic (exact) mass is 310 g/mol. The number of unbranched alkanes of at least 4 members (excludes halogenated alkanes) is 7. The van der Waals surface area contributed by atoms with Crippen LogP contribution in [0.2, 0.25) is 0 Å². The van der Waals surface area contributed by atoms with Gasteiger partial charge in [-0.15, -0.1) is 0 Å². The molecule has 0 aliphatic heterocycles. The molecule has 0 bridgehead atoms. The average molecular weight is 310 g/mol. The van der Waals surface area contributed by atoms with Gasteiger partial charge in [-0.3, -0.25) is 9.59 Å². The smallest absolute Gasteiger partial charge is 0.313 e. The van der Waals surface area contributed by atoms with Crippen molar-refractivity contribution in [2.45, 2.75) is 71.1 Å². The third-order valence-corrected chi connectivity index (χ3v) is 4.25. The van der Waals surface area contributed by atoms with Gasteiger partial charge in [0, 0.05) is 0 Å². The van der Waals surface area contributed by atoms with Crippen LogP contribution < -0.4 is 0 Å². The van der Waals surface area contributed by atoms with E-state index in [9.17, 15) is 9.59 Å². The minimum absolute atomic E-state index is 0.383. The lowest BCUT2D eigenvalue weighted by atomic mass is 9.84. The number of carbonyl (C=O) groups excluding carboxylic acids is 1. The first-order valence-electron chi connectivity index (χ1n) is 8.73. The molecule has 0 saturated heterocycles. The first kappa shape index (κ1) is 18.7. The second kappa shape index (κ2) is 11.3. The summed E-state index contributed by atoms with van der Waals surface area (Å²) in [4.78, 5) is 23.1. The molecule has 0 heterocycles. The molecule has 4 heteroatoms. The standard InChI is InChI=1S/C18H30O4/c1-2-3-4-5-6-7-8-11-14-22-18(21)16-13-10-9-12-15(16)17(19)20/h10,13,15-16H,2-9,11-12,14H2,1H3,(H,19,20). The van der Waals surface area contributed by atoms with Crippen LogP contribution in [0.15, 0.2) is 12.2 Å². The SMILES string of the molecule is CCCCCCCCCCOC(=O)C1C=CCCC1C(=O)O. The van der Waals surface area contributed by atoms with Crippen molar-refractivity contribution < 1.29 is 19.4 Å². The Morgan fingerprint density at radius 3 is 2.36 bits per heavy atom. The summed E-state index contributed by atoms with van der Waals surface area (Å²) in [6.07, 6.45) is 14.4. The minimum Gasteiger partial charge on any atom is -0.481 e. The van der Waals surface area contributed by atoms with E-state index in [0.717, 1.165) is 19.3 Å². The average Bonchev–Trinajstić information content (AvgIpc) is 2.53. The summed E-state index contributed by atoms with van der Waals surface area (Å²) >= 11 is 0. The number of hydrogen-bond donors (Lipinski definition) is 1. The van der Waals surface area contributed by atoms with Crippen molar-refractivity contribution in [3.63, 3.8) is 0 Å². The summed E-state index contributed by atoms with van der Waals surface area (Å²) < 4.78 is 5.25. The maximum Gasteiger partial charge on any atom is 0.313 e. The summed E-state index contributed by atoms with van der Waals surface area (Å²) in [5, 5.41) is 9.15. The molecule has 1 aliphatic carbocycles. The van der Waals surface area contributed by atoms with Gasteiger partial charge in [-0.1, -0.05) is 64.0 Å². The fourth-order valence-electron chi connectivity index (χ4n) is 2.86. The van der Waals surface area contributed by atoms with E-state index in [1.54, 1.807) is 6.08 Å². The second-order valence-corrected chi connectivity index (χ2v) is 6.12. The van der Waals surface area contributed by atoms with Gasteiger partial charge >= 0.3 is 11.9 Å². The maximum atomic E-state index is 12.0. The van der Waals surface area contributed by atoms with Crippen LogP contribution in [0, 0.1) is 11.8 Å². The van der Waals surface area contributed by atoms with Crippen molar-refractivity contribution in [2.75, 3.05) is 6.61 Å². The largest absolute Gasteiger partial charge is 0.481 e. The molecule has 1 N–H and O–H groups in total. The van der Waals surface area contributed by atoms with E-state index < -0.39 is 17.8 Å². The Balaban J connectivity index is 2.11. The zero-order valence-corrected chi connectivity index (χ0v) is 13.8. The molecule has 0 amide bonds. The highest BCUT2D eigenvalue weighted by atomic mass is 16.5. The van der Waals surface area contributed by atoms with Crippen molar-refractivity contribution in [3.8, 4) is 0 Å². The predicted molar refractivity (Wildman–Crippen MR) is 86.6 cm³/mol. The molecule has 0 aromatic rings. The van der Waals surface area contributed by atoms with Crippen LogP contribution in [-0.2, 0) is 14.3 Å². The number of rotatable bonds is 11. The summed E-state index contributed by atoms with van der Waals surface area (Å²) in [7, 11) is 0. The van der Waals surface area contributed by atoms with Crippen molar-refractivity contribution in [1.29, 1.82) is 0 Å². The number of carboxylic acids is 1. The Morgan fingerprint density at radius 1 is 1.09 bits per heavy atom. The van der Waals surface area contributed by atoms with Gasteiger partial charge < -0.3 is 9.84 Å². The molecule has 22 heavy (non-hydrogen) atoms. The van der Waals surface area contributed by atoms with Gasteiger partial charge in [0.1, 0.15) is 0 Å². The van der Waals surface area contributed by atoms with Gasteiger partial charge in [-0.05, 0) is 19.3 Å². The van der Waals surface area contributed by atoms with Crippen LogP contribution in [0.3, 0.4) is 0 Å². The molecule has 126 valence electrons. The Morgan fingerprint density at radius 2 is 1.73 bits per heavy atom. The predicted octanol–water partition coefficient (Wildman–Crippen LogP) is 4.34. The summed E-state index contributed by atoms with van der Waals surface area (Å²) in [5.41, 5.74) is 0. The number of allylic oxidation sites excluding steroid dienone is 1. The third kappa shape index (κ3) is 7.10. The van der Waals surface area contributed by atoms with Gasteiger partial charge in [0.15, 0.2) is 0 Å². The normalized spacial score (nSPS) is 20.8. The Bertz CT molecular complexity index is 362. The molecule has 2 atom stereocenters. The summed E-state index contributed by atoms with van der Waals surface area (Å²) in [6.45, 7) is 2.62. The van der Waals surface area contributed by atoms with E-state index in [1.165, 1.54) is 38.5 Å². The van der Waals surface area contributed by atoms with E-state index in [4.69, 9.17) is 9.84 Å². The third-order valence-electron chi connectivity index (χ3n) is 4.25. The highest BCUT2D eigenvalue weighted by Crippen LogP contribution is 2.26. The summed E-state index contributed by atoms with van der Waals surface area (Å²) in [5.74, 6) is -2.53. The van der Waals surface area contributed by atoms with Gasteiger partial charge in [0.05, 0.1) is 18.4 Å². The van der Waals surface area contributed by atoms with E-state index in [-0.39, 0.29) is 5.97 Å². The zero-order chi connectivity index (χ0) is 16.2. The second-order valence-electron chi connectivity index (χ2n) is 6.12. The molecule has 1 aliphatic rings. The molecule has 0 aromatic carbocycles. The van der Waals surface area contributed by atoms with Crippen LogP contribution >= 0.6 is 0 Å². The quantitative estimate of drug-likeness (QED) is 0.350. The minimum atomic E-state index is -0.904. The lowest BCUT2D eigenvalue weighted by Gasteiger charge is -2.22. The van der Waals surface area contributed by atoms with Crippen LogP contribution in [0.5, 0.6) is 0 Å². The first-order chi connectivity index (χ1) is 10.7. The fourth-order valence-corrected chi connectivity index (χ4v) is 2.86. The number of aliphatic carboxylic acids is 1. The van der Waals surface area contributed by atoms with E-state index >= 15 is 0 Å². The molecule has 0 fully saturated rings. The van der Waals surface area contributed by atoms with E-state index in [0.29, 0.717) is 13.0 Å². The molecule has 4 nitrogen and oxygen atoms in total. The molecule has 0 aromatic heterocycles. The van der Waals surface area contributed by atoms with Crippen molar-refractivity contribution >= 4 is 11.9 Å². The van der Waals surface area contributed by atoms with Crippen LogP contribution in [0.25, 0.3) is 0 Å². The molecular weight excluding hydrogens is 280 g/mol. The van der Waals surface area contributed by atoms with Crippen LogP contribution in [-0.4, -0.2) is 23.7 Å². The number of carboxylic acid groups (broad SMARTS) is 1. The number of hydrogen-bond acceptors (Lipinski definition) is 3. The first-order valence-corrected chi connectivity index (χ1v) is 8.73. The van der Waals surface area contributed by atoms with Gasteiger partial charge in [-0.25, -0.2) is 0 Å². The Labute approximate surface area is 133 Å². The lowest BCUT2D eigenvalue weighted by molar-refractivity contribution is -0.156. The summed E-state index contributed by atoms with van der Waals surface area (Å²) in [6, 6.07) is 0. The highest BCUT2D eigenvalue weighted by molar-refractivity contribution is 5.83. The van der Waals surface area contributed by atoms with Crippen molar-refractivity contribution in [1.82, 2.24) is 0 Å². The number of esters is 1. The van der Waals surface area contributed by atoms with Gasteiger partial charge in [0.2, 0.25) is 0 Å². The lowest BCUT2D eigenvalue weighted by Crippen LogP contribution is -2.31. The van der Waals surface area contributed by atoms with E-state index in [2.05, 4.69) is 6.92 Å². The van der Waals surface area contributed by atoms with Crippen molar-refractivity contribution in [3.05, 3.63) is 12.2 Å². The number of carbonyl (C=O) groups is 2. The fraction of sp³-hybridized carbons (Fsp3) is 0.778. The van der Waals surface area contributed by atoms with Crippen LogP contribution in [0.1, 0.15) is 71.1 Å². The molecule has 0 radical (unpaired) electrons. The zero-order valence-electron chi connectivity index (χ0n) is 13.8. The van der Waals surface area contributed by atoms with Gasteiger partial charge in [-0.2, -0.15) is 0 Å². The van der Waals surface area contributed by atoms with Gasteiger partial charge in [0.25, 0.3) is 0 Å². The molecular formula is C18H30O4. The Hall–Kier alpha value is -1.32. The molecule has 1 rings (SSSR count). The van der Waals surface area contributed by atoms with E-state index in [1.807, 2.05) is 6.08 Å². The molecule has 2 unspecified atom stereocenters. The molecule has 0 saturated carbocycles. The number of ether oxygens (including phenoxy) is 1. The topological polar surface area (TPSA) is 63.6 Å². The highest BCUT2D eigenvalue weighted by Gasteiger charge is 2.34. The Kier molecular flexibility index (Phi) is 9.60. The van der Waals surface area contributed by atoms with Crippen molar-refractivity contribution in [2.24, 2.45) is 11.8 Å². The molecule has 0 spiro atoms. The maximum absolute atomic E-state index is 12.0. The van der Waals surface area contributed by atoms with Crippen LogP contribution in [0.4, 0.5) is 0 Å².